The number of carbonyl (C=O) groups excluding carboxylic acids is 1. The van der Waals surface area contributed by atoms with Crippen LogP contribution in [0.2, 0.25) is 0 Å². The van der Waals surface area contributed by atoms with Crippen molar-refractivity contribution in [3.63, 3.8) is 0 Å². The SMILES string of the molecule is CC#CC1CCC2C3CCC4=CC(=O)CCC4=C3CCC12. The van der Waals surface area contributed by atoms with Crippen molar-refractivity contribution in [1.29, 1.82) is 0 Å². The van der Waals surface area contributed by atoms with Crippen LogP contribution in [0.25, 0.3) is 0 Å². The largest absolute Gasteiger partial charge is 0.295 e. The molecule has 0 bridgehead atoms. The summed E-state index contributed by atoms with van der Waals surface area (Å²) in [6.45, 7) is 1.99. The van der Waals surface area contributed by atoms with E-state index in [4.69, 9.17) is 0 Å². The molecule has 1 nitrogen and oxygen atoms in total. The topological polar surface area (TPSA) is 17.1 Å². The molecule has 4 rings (SSSR count). The molecule has 4 atom stereocenters. The molecular weight excluding hydrogens is 256 g/mol. The molecule has 0 aromatic carbocycles. The van der Waals surface area contributed by atoms with Gasteiger partial charge in [0.1, 0.15) is 0 Å². The van der Waals surface area contributed by atoms with Crippen molar-refractivity contribution in [2.45, 2.75) is 58.3 Å². The van der Waals surface area contributed by atoms with Crippen LogP contribution in [0, 0.1) is 35.5 Å². The van der Waals surface area contributed by atoms with Gasteiger partial charge < -0.3 is 0 Å². The molecule has 0 aliphatic heterocycles. The number of fused-ring (bicyclic) bond motifs is 4. The Morgan fingerprint density at radius 1 is 1.00 bits per heavy atom. The molecule has 0 radical (unpaired) electrons. The van der Waals surface area contributed by atoms with Crippen LogP contribution in [0.15, 0.2) is 22.8 Å². The summed E-state index contributed by atoms with van der Waals surface area (Å²) in [6, 6.07) is 0. The van der Waals surface area contributed by atoms with Crippen molar-refractivity contribution < 1.29 is 4.79 Å². The van der Waals surface area contributed by atoms with Gasteiger partial charge in [0.2, 0.25) is 0 Å². The third-order valence-corrected chi connectivity index (χ3v) is 6.38. The van der Waals surface area contributed by atoms with Crippen LogP contribution in [-0.4, -0.2) is 5.78 Å². The van der Waals surface area contributed by atoms with Crippen molar-refractivity contribution in [3.05, 3.63) is 22.8 Å². The van der Waals surface area contributed by atoms with Gasteiger partial charge in [-0.15, -0.1) is 5.92 Å². The first-order valence-electron chi connectivity index (χ1n) is 8.66. The highest BCUT2D eigenvalue weighted by Gasteiger charge is 2.45. The molecule has 0 aromatic heterocycles. The van der Waals surface area contributed by atoms with Crippen LogP contribution in [0.5, 0.6) is 0 Å². The lowest BCUT2D eigenvalue weighted by atomic mass is 9.62. The summed E-state index contributed by atoms with van der Waals surface area (Å²) in [5, 5.41) is 0. The van der Waals surface area contributed by atoms with E-state index in [2.05, 4.69) is 11.8 Å². The number of hydrogen-bond donors (Lipinski definition) is 0. The highest BCUT2D eigenvalue weighted by molar-refractivity contribution is 5.93. The third-order valence-electron chi connectivity index (χ3n) is 6.38. The molecule has 0 amide bonds. The average Bonchev–Trinajstić information content (AvgIpc) is 2.90. The minimum atomic E-state index is 0.348. The van der Waals surface area contributed by atoms with Gasteiger partial charge in [-0.05, 0) is 86.8 Å². The van der Waals surface area contributed by atoms with Crippen LogP contribution in [0.1, 0.15) is 58.3 Å². The maximum absolute atomic E-state index is 11.7. The first kappa shape index (κ1) is 13.4. The zero-order valence-corrected chi connectivity index (χ0v) is 13.0. The Morgan fingerprint density at radius 3 is 2.76 bits per heavy atom. The highest BCUT2D eigenvalue weighted by atomic mass is 16.1. The molecule has 2 fully saturated rings. The molecule has 1 heteroatoms. The van der Waals surface area contributed by atoms with Crippen LogP contribution < -0.4 is 0 Å². The fraction of sp³-hybridized carbons (Fsp3) is 0.650. The van der Waals surface area contributed by atoms with E-state index < -0.39 is 0 Å². The molecule has 2 saturated carbocycles. The minimum absolute atomic E-state index is 0.348. The van der Waals surface area contributed by atoms with Gasteiger partial charge in [0, 0.05) is 12.3 Å². The van der Waals surface area contributed by atoms with E-state index in [1.165, 1.54) is 37.7 Å². The van der Waals surface area contributed by atoms with Gasteiger partial charge in [0.25, 0.3) is 0 Å². The number of hydrogen-bond acceptors (Lipinski definition) is 1. The highest BCUT2D eigenvalue weighted by Crippen LogP contribution is 2.55. The molecule has 4 unspecified atom stereocenters. The van der Waals surface area contributed by atoms with Gasteiger partial charge in [0.15, 0.2) is 5.78 Å². The van der Waals surface area contributed by atoms with E-state index in [1.54, 1.807) is 11.1 Å². The summed E-state index contributed by atoms with van der Waals surface area (Å²) < 4.78 is 0. The van der Waals surface area contributed by atoms with Gasteiger partial charge in [-0.3, -0.25) is 4.79 Å². The summed E-state index contributed by atoms with van der Waals surface area (Å²) in [6.07, 6.45) is 11.4. The molecule has 0 aromatic rings. The Bertz CT molecular complexity index is 595. The minimum Gasteiger partial charge on any atom is -0.295 e. The van der Waals surface area contributed by atoms with Gasteiger partial charge in [-0.25, -0.2) is 0 Å². The predicted octanol–water partition coefficient (Wildman–Crippen LogP) is 4.44. The van der Waals surface area contributed by atoms with E-state index >= 15 is 0 Å². The normalized spacial score (nSPS) is 38.0. The smallest absolute Gasteiger partial charge is 0.156 e. The fourth-order valence-corrected chi connectivity index (χ4v) is 5.57. The Labute approximate surface area is 127 Å². The summed E-state index contributed by atoms with van der Waals surface area (Å²) >= 11 is 0. The lowest BCUT2D eigenvalue weighted by Gasteiger charge is -2.42. The van der Waals surface area contributed by atoms with Crippen molar-refractivity contribution in [2.24, 2.45) is 23.7 Å². The molecule has 21 heavy (non-hydrogen) atoms. The standard InChI is InChI=1S/C20H24O/c1-2-3-13-4-7-18-16(13)10-11-19-17-9-6-15(21)12-14(17)5-8-20(18)19/h12-13,16,18,20H,4-11H2,1H3. The Balaban J connectivity index is 1.66. The Hall–Kier alpha value is -1.29. The van der Waals surface area contributed by atoms with Crippen LogP contribution in [0.3, 0.4) is 0 Å². The predicted molar refractivity (Wildman–Crippen MR) is 84.5 cm³/mol. The maximum atomic E-state index is 11.7. The average molecular weight is 280 g/mol. The van der Waals surface area contributed by atoms with E-state index in [-0.39, 0.29) is 0 Å². The maximum Gasteiger partial charge on any atom is 0.156 e. The Morgan fingerprint density at radius 2 is 1.90 bits per heavy atom. The van der Waals surface area contributed by atoms with Crippen molar-refractivity contribution in [2.75, 3.05) is 0 Å². The quantitative estimate of drug-likeness (QED) is 0.599. The molecule has 4 aliphatic carbocycles. The van der Waals surface area contributed by atoms with Gasteiger partial charge in [-0.1, -0.05) is 11.5 Å². The van der Waals surface area contributed by atoms with E-state index in [9.17, 15) is 4.79 Å². The zero-order chi connectivity index (χ0) is 14.4. The summed E-state index contributed by atoms with van der Waals surface area (Å²) in [5.74, 6) is 10.2. The van der Waals surface area contributed by atoms with Crippen LogP contribution in [-0.2, 0) is 4.79 Å². The van der Waals surface area contributed by atoms with E-state index in [1.807, 2.05) is 13.0 Å². The molecule has 0 spiro atoms. The number of allylic oxidation sites excluding steroid dienone is 4. The second kappa shape index (κ2) is 5.16. The summed E-state index contributed by atoms with van der Waals surface area (Å²) in [4.78, 5) is 11.7. The number of rotatable bonds is 0. The summed E-state index contributed by atoms with van der Waals surface area (Å²) in [5.41, 5.74) is 4.72. The molecular formula is C20H24O. The number of ketones is 1. The molecule has 0 saturated heterocycles. The molecule has 110 valence electrons. The molecule has 0 heterocycles. The first-order chi connectivity index (χ1) is 10.3. The van der Waals surface area contributed by atoms with Gasteiger partial charge >= 0.3 is 0 Å². The van der Waals surface area contributed by atoms with Crippen molar-refractivity contribution in [1.82, 2.24) is 0 Å². The zero-order valence-electron chi connectivity index (χ0n) is 13.0. The van der Waals surface area contributed by atoms with E-state index in [0.29, 0.717) is 11.7 Å². The lowest BCUT2D eigenvalue weighted by Crippen LogP contribution is -2.32. The van der Waals surface area contributed by atoms with Crippen molar-refractivity contribution >= 4 is 5.78 Å². The summed E-state index contributed by atoms with van der Waals surface area (Å²) in [7, 11) is 0. The van der Waals surface area contributed by atoms with Gasteiger partial charge in [-0.2, -0.15) is 0 Å². The lowest BCUT2D eigenvalue weighted by molar-refractivity contribution is -0.114. The fourth-order valence-electron chi connectivity index (χ4n) is 5.57. The second-order valence-corrected chi connectivity index (χ2v) is 7.23. The Kier molecular flexibility index (Phi) is 3.29. The number of carbonyl (C=O) groups is 1. The third kappa shape index (κ3) is 2.11. The van der Waals surface area contributed by atoms with E-state index in [0.717, 1.165) is 37.0 Å². The van der Waals surface area contributed by atoms with Crippen LogP contribution in [0.4, 0.5) is 0 Å². The second-order valence-electron chi connectivity index (χ2n) is 7.23. The molecule has 0 N–H and O–H groups in total. The van der Waals surface area contributed by atoms with Crippen LogP contribution >= 0.6 is 0 Å². The molecule has 4 aliphatic rings. The van der Waals surface area contributed by atoms with Gasteiger partial charge in [0.05, 0.1) is 0 Å². The van der Waals surface area contributed by atoms with Crippen molar-refractivity contribution in [3.8, 4) is 11.8 Å². The first-order valence-corrected chi connectivity index (χ1v) is 8.66. The monoisotopic (exact) mass is 280 g/mol.